The Hall–Kier alpha value is -3.20. The van der Waals surface area contributed by atoms with Crippen molar-refractivity contribution in [2.45, 2.75) is 13.5 Å². The van der Waals surface area contributed by atoms with Crippen molar-refractivity contribution in [1.29, 1.82) is 0 Å². The molecule has 0 aliphatic rings. The fourth-order valence-electron chi connectivity index (χ4n) is 2.37. The Morgan fingerprint density at radius 1 is 1.04 bits per heavy atom. The van der Waals surface area contributed by atoms with Crippen LogP contribution < -0.4 is 4.74 Å². The van der Waals surface area contributed by atoms with Gasteiger partial charge in [0.25, 0.3) is 0 Å². The lowest BCUT2D eigenvalue weighted by atomic mass is 10.1. The summed E-state index contributed by atoms with van der Waals surface area (Å²) in [6.45, 7) is 2.55. The van der Waals surface area contributed by atoms with E-state index in [1.54, 1.807) is 36.7 Å². The van der Waals surface area contributed by atoms with Gasteiger partial charge in [0.2, 0.25) is 0 Å². The third-order valence-electron chi connectivity index (χ3n) is 3.79. The quantitative estimate of drug-likeness (QED) is 0.478. The van der Waals surface area contributed by atoms with Crippen LogP contribution in [-0.2, 0) is 6.61 Å². The first-order valence-electron chi connectivity index (χ1n) is 8.12. The average molecular weight is 329 g/mol. The smallest absolute Gasteiger partial charge is 0.187 e. The second-order valence-electron chi connectivity index (χ2n) is 5.75. The molecule has 0 bridgehead atoms. The van der Waals surface area contributed by atoms with Crippen LogP contribution in [0.1, 0.15) is 27.0 Å². The molecule has 0 spiro atoms. The molecule has 2 aromatic carbocycles. The van der Waals surface area contributed by atoms with Crippen LogP contribution in [0, 0.1) is 6.92 Å². The van der Waals surface area contributed by atoms with Gasteiger partial charge in [0.15, 0.2) is 5.78 Å². The summed E-state index contributed by atoms with van der Waals surface area (Å²) in [4.78, 5) is 16.1. The third-order valence-corrected chi connectivity index (χ3v) is 3.79. The highest BCUT2D eigenvalue weighted by molar-refractivity contribution is 6.06. The van der Waals surface area contributed by atoms with Gasteiger partial charge in [-0.05, 0) is 42.8 Å². The van der Waals surface area contributed by atoms with Gasteiger partial charge < -0.3 is 4.74 Å². The molecule has 0 N–H and O–H groups in total. The minimum atomic E-state index is -0.0820. The molecule has 0 amide bonds. The van der Waals surface area contributed by atoms with Crippen LogP contribution in [0.4, 0.5) is 0 Å². The summed E-state index contributed by atoms with van der Waals surface area (Å²) in [7, 11) is 0. The molecule has 124 valence electrons. The molecular weight excluding hydrogens is 310 g/mol. The average Bonchev–Trinajstić information content (AvgIpc) is 2.67. The Kier molecular flexibility index (Phi) is 5.37. The molecule has 25 heavy (non-hydrogen) atoms. The van der Waals surface area contributed by atoms with Crippen LogP contribution in [0.25, 0.3) is 6.08 Å². The maximum absolute atomic E-state index is 12.2. The van der Waals surface area contributed by atoms with E-state index in [1.807, 2.05) is 24.3 Å². The molecule has 0 fully saturated rings. The van der Waals surface area contributed by atoms with Gasteiger partial charge >= 0.3 is 0 Å². The number of allylic oxidation sites excluding steroid dienone is 1. The molecule has 0 atom stereocenters. The number of aromatic nitrogens is 1. The molecule has 0 saturated carbocycles. The number of hydrogen-bond donors (Lipinski definition) is 0. The van der Waals surface area contributed by atoms with Crippen LogP contribution in [0.5, 0.6) is 5.75 Å². The second-order valence-corrected chi connectivity index (χ2v) is 5.75. The number of nitrogens with zero attached hydrogens (tertiary/aromatic N) is 1. The lowest BCUT2D eigenvalue weighted by Gasteiger charge is -2.09. The third kappa shape index (κ3) is 4.64. The Morgan fingerprint density at radius 3 is 2.60 bits per heavy atom. The van der Waals surface area contributed by atoms with Crippen LogP contribution in [0.3, 0.4) is 0 Å². The number of pyridine rings is 1. The van der Waals surface area contributed by atoms with Crippen molar-refractivity contribution in [3.05, 3.63) is 101 Å². The number of para-hydroxylation sites is 1. The SMILES string of the molecule is Cc1ccc(COc2ccccc2/C=C/C(=O)c2cccnc2)cc1. The molecule has 0 aliphatic carbocycles. The highest BCUT2D eigenvalue weighted by Crippen LogP contribution is 2.21. The van der Waals surface area contributed by atoms with Crippen molar-refractivity contribution in [1.82, 2.24) is 4.98 Å². The van der Waals surface area contributed by atoms with E-state index in [-0.39, 0.29) is 5.78 Å². The maximum Gasteiger partial charge on any atom is 0.187 e. The normalized spacial score (nSPS) is 10.8. The Bertz CT molecular complexity index is 868. The van der Waals surface area contributed by atoms with Crippen molar-refractivity contribution >= 4 is 11.9 Å². The summed E-state index contributed by atoms with van der Waals surface area (Å²) in [6, 6.07) is 19.4. The van der Waals surface area contributed by atoms with Crippen LogP contribution in [0.15, 0.2) is 79.1 Å². The van der Waals surface area contributed by atoms with Crippen molar-refractivity contribution < 1.29 is 9.53 Å². The fraction of sp³-hybridized carbons (Fsp3) is 0.0909. The van der Waals surface area contributed by atoms with E-state index in [1.165, 1.54) is 5.56 Å². The first kappa shape index (κ1) is 16.7. The number of rotatable bonds is 6. The first-order valence-corrected chi connectivity index (χ1v) is 8.12. The van der Waals surface area contributed by atoms with Gasteiger partial charge in [-0.3, -0.25) is 9.78 Å². The zero-order valence-electron chi connectivity index (χ0n) is 14.1. The number of carbonyl (C=O) groups excluding carboxylic acids is 1. The first-order chi connectivity index (χ1) is 12.2. The maximum atomic E-state index is 12.2. The van der Waals surface area contributed by atoms with E-state index in [0.717, 1.165) is 16.9 Å². The lowest BCUT2D eigenvalue weighted by molar-refractivity contribution is 0.104. The molecule has 1 aromatic heterocycles. The number of ether oxygens (including phenoxy) is 1. The number of benzene rings is 2. The summed E-state index contributed by atoms with van der Waals surface area (Å²) in [5, 5.41) is 0. The Balaban J connectivity index is 1.71. The zero-order chi connectivity index (χ0) is 17.5. The zero-order valence-corrected chi connectivity index (χ0v) is 14.1. The topological polar surface area (TPSA) is 39.2 Å². The number of aryl methyl sites for hydroxylation is 1. The monoisotopic (exact) mass is 329 g/mol. The summed E-state index contributed by atoms with van der Waals surface area (Å²) in [5.74, 6) is 0.666. The summed E-state index contributed by atoms with van der Waals surface area (Å²) >= 11 is 0. The fourth-order valence-corrected chi connectivity index (χ4v) is 2.37. The highest BCUT2D eigenvalue weighted by atomic mass is 16.5. The molecular formula is C22H19NO2. The van der Waals surface area contributed by atoms with Gasteiger partial charge in [-0.1, -0.05) is 48.0 Å². The van der Waals surface area contributed by atoms with Gasteiger partial charge in [0.05, 0.1) is 0 Å². The summed E-state index contributed by atoms with van der Waals surface area (Å²) < 4.78 is 5.93. The van der Waals surface area contributed by atoms with E-state index in [4.69, 9.17) is 4.74 Å². The van der Waals surface area contributed by atoms with Crippen LogP contribution in [-0.4, -0.2) is 10.8 Å². The van der Waals surface area contributed by atoms with E-state index in [9.17, 15) is 4.79 Å². The lowest BCUT2D eigenvalue weighted by Crippen LogP contribution is -1.97. The molecule has 3 nitrogen and oxygen atoms in total. The van der Waals surface area contributed by atoms with Gasteiger partial charge in [0.1, 0.15) is 12.4 Å². The van der Waals surface area contributed by atoms with Crippen molar-refractivity contribution in [2.24, 2.45) is 0 Å². The van der Waals surface area contributed by atoms with Gasteiger partial charge in [0, 0.05) is 23.5 Å². The molecule has 3 heteroatoms. The Morgan fingerprint density at radius 2 is 1.84 bits per heavy atom. The molecule has 3 rings (SSSR count). The van der Waals surface area contributed by atoms with E-state index >= 15 is 0 Å². The van der Waals surface area contributed by atoms with E-state index < -0.39 is 0 Å². The number of carbonyl (C=O) groups is 1. The molecule has 1 heterocycles. The molecule has 0 unspecified atom stereocenters. The number of ketones is 1. The van der Waals surface area contributed by atoms with Crippen molar-refractivity contribution in [2.75, 3.05) is 0 Å². The summed E-state index contributed by atoms with van der Waals surface area (Å²) in [6.07, 6.45) is 6.53. The molecule has 0 aliphatic heterocycles. The number of hydrogen-bond acceptors (Lipinski definition) is 3. The largest absolute Gasteiger partial charge is 0.488 e. The summed E-state index contributed by atoms with van der Waals surface area (Å²) in [5.41, 5.74) is 3.76. The van der Waals surface area contributed by atoms with Crippen molar-refractivity contribution in [3.63, 3.8) is 0 Å². The standard InChI is InChI=1S/C22H19NO2/c1-17-8-10-18(11-9-17)16-25-22-7-3-2-5-19(22)12-13-21(24)20-6-4-14-23-15-20/h2-15H,16H2,1H3/b13-12+. The van der Waals surface area contributed by atoms with Crippen LogP contribution in [0.2, 0.25) is 0 Å². The molecule has 0 radical (unpaired) electrons. The van der Waals surface area contributed by atoms with Gasteiger partial charge in [-0.15, -0.1) is 0 Å². The van der Waals surface area contributed by atoms with Gasteiger partial charge in [-0.25, -0.2) is 0 Å². The second kappa shape index (κ2) is 8.06. The minimum absolute atomic E-state index is 0.0820. The predicted molar refractivity (Wildman–Crippen MR) is 99.6 cm³/mol. The van der Waals surface area contributed by atoms with Crippen LogP contribution >= 0.6 is 0 Å². The Labute approximate surface area is 147 Å². The van der Waals surface area contributed by atoms with E-state index in [0.29, 0.717) is 12.2 Å². The highest BCUT2D eigenvalue weighted by Gasteiger charge is 2.04. The molecule has 3 aromatic rings. The van der Waals surface area contributed by atoms with Crippen molar-refractivity contribution in [3.8, 4) is 5.75 Å². The molecule has 0 saturated heterocycles. The predicted octanol–water partition coefficient (Wildman–Crippen LogP) is 4.87. The van der Waals surface area contributed by atoms with E-state index in [2.05, 4.69) is 36.2 Å². The van der Waals surface area contributed by atoms with Gasteiger partial charge in [-0.2, -0.15) is 0 Å². The minimum Gasteiger partial charge on any atom is -0.488 e.